The van der Waals surface area contributed by atoms with Gasteiger partial charge in [0, 0.05) is 17.4 Å². The summed E-state index contributed by atoms with van der Waals surface area (Å²) in [5, 5.41) is 0. The Balaban J connectivity index is 1.55. The number of Topliss-reactive ketones (excluding diaryl/α,β-unsaturated/α-hetero) is 1. The van der Waals surface area contributed by atoms with Gasteiger partial charge in [0.1, 0.15) is 18.0 Å². The van der Waals surface area contributed by atoms with Crippen molar-refractivity contribution in [1.82, 2.24) is 0 Å². The average Bonchev–Trinajstić information content (AvgIpc) is 3.06. The maximum Gasteiger partial charge on any atom is 0.334 e. The van der Waals surface area contributed by atoms with Gasteiger partial charge in [-0.15, -0.1) is 0 Å². The van der Waals surface area contributed by atoms with E-state index in [1.807, 2.05) is 6.08 Å². The lowest BCUT2D eigenvalue weighted by molar-refractivity contribution is -0.154. The first kappa shape index (κ1) is 24.9. The van der Waals surface area contributed by atoms with E-state index in [9.17, 15) is 19.2 Å². The highest BCUT2D eigenvalue weighted by molar-refractivity contribution is 5.92. The number of ketones is 2. The van der Waals surface area contributed by atoms with Gasteiger partial charge in [0.25, 0.3) is 0 Å². The molecule has 0 aromatic heterocycles. The summed E-state index contributed by atoms with van der Waals surface area (Å²) in [6.45, 7) is 11.4. The van der Waals surface area contributed by atoms with Gasteiger partial charge in [0.2, 0.25) is 0 Å². The largest absolute Gasteiger partial charge is 0.462 e. The van der Waals surface area contributed by atoms with E-state index in [0.717, 1.165) is 5.57 Å². The molecule has 3 aliphatic carbocycles. The molecule has 5 rings (SSSR count). The molecule has 0 unspecified atom stereocenters. The molecule has 2 aliphatic heterocycles. The van der Waals surface area contributed by atoms with Crippen molar-refractivity contribution in [3.63, 3.8) is 0 Å². The van der Waals surface area contributed by atoms with Crippen LogP contribution in [0, 0.1) is 40.9 Å². The zero-order chi connectivity index (χ0) is 25.9. The summed E-state index contributed by atoms with van der Waals surface area (Å²) in [5.41, 5.74) is 1.88. The third kappa shape index (κ3) is 3.84. The second-order valence-electron chi connectivity index (χ2n) is 11.7. The molecule has 36 heavy (non-hydrogen) atoms. The summed E-state index contributed by atoms with van der Waals surface area (Å²) < 4.78 is 11.7. The molecule has 9 atom stereocenters. The van der Waals surface area contributed by atoms with E-state index >= 15 is 0 Å². The second-order valence-corrected chi connectivity index (χ2v) is 11.7. The average molecular weight is 493 g/mol. The molecule has 0 aromatic carbocycles. The monoisotopic (exact) mass is 492 g/mol. The van der Waals surface area contributed by atoms with E-state index < -0.39 is 11.3 Å². The Morgan fingerprint density at radius 1 is 1.06 bits per heavy atom. The zero-order valence-corrected chi connectivity index (χ0v) is 21.6. The maximum absolute atomic E-state index is 13.8. The summed E-state index contributed by atoms with van der Waals surface area (Å²) in [5.74, 6) is -0.971. The van der Waals surface area contributed by atoms with E-state index in [1.54, 1.807) is 13.0 Å². The Bertz CT molecular complexity index is 1120. The number of rotatable bonds is 3. The topological polar surface area (TPSA) is 86.7 Å². The summed E-state index contributed by atoms with van der Waals surface area (Å²) in [6.07, 6.45) is 10.4. The first-order valence-corrected chi connectivity index (χ1v) is 13.2. The molecular weight excluding hydrogens is 456 g/mol. The summed E-state index contributed by atoms with van der Waals surface area (Å²) in [4.78, 5) is 50.7. The van der Waals surface area contributed by atoms with E-state index in [4.69, 9.17) is 9.47 Å². The van der Waals surface area contributed by atoms with E-state index in [-0.39, 0.29) is 65.3 Å². The van der Waals surface area contributed by atoms with Gasteiger partial charge in [-0.1, -0.05) is 44.2 Å². The highest BCUT2D eigenvalue weighted by Crippen LogP contribution is 2.60. The van der Waals surface area contributed by atoms with E-state index in [1.165, 1.54) is 12.5 Å². The first-order valence-electron chi connectivity index (χ1n) is 13.2. The Morgan fingerprint density at radius 3 is 2.47 bits per heavy atom. The number of allylic oxidation sites excluding steroid dienone is 6. The van der Waals surface area contributed by atoms with Crippen molar-refractivity contribution in [1.29, 1.82) is 0 Å². The maximum atomic E-state index is 13.8. The predicted octanol–water partition coefficient (Wildman–Crippen LogP) is 4.70. The van der Waals surface area contributed by atoms with Crippen LogP contribution in [0.3, 0.4) is 0 Å². The van der Waals surface area contributed by atoms with Gasteiger partial charge in [0.05, 0.1) is 11.3 Å². The van der Waals surface area contributed by atoms with Gasteiger partial charge in [0.15, 0.2) is 5.78 Å². The van der Waals surface area contributed by atoms with E-state index in [0.29, 0.717) is 37.7 Å². The number of esters is 2. The minimum atomic E-state index is -0.926. The molecule has 0 radical (unpaired) electrons. The number of hydrogen-bond acceptors (Lipinski definition) is 6. The lowest BCUT2D eigenvalue weighted by Crippen LogP contribution is -2.48. The molecule has 1 saturated carbocycles. The fourth-order valence-electron chi connectivity index (χ4n) is 7.74. The Kier molecular flexibility index (Phi) is 6.20. The van der Waals surface area contributed by atoms with E-state index in [2.05, 4.69) is 32.6 Å². The van der Waals surface area contributed by atoms with Gasteiger partial charge >= 0.3 is 11.9 Å². The van der Waals surface area contributed by atoms with Crippen LogP contribution < -0.4 is 0 Å². The zero-order valence-electron chi connectivity index (χ0n) is 21.6. The van der Waals surface area contributed by atoms with Crippen molar-refractivity contribution < 1.29 is 28.7 Å². The smallest absolute Gasteiger partial charge is 0.334 e. The van der Waals surface area contributed by atoms with Crippen LogP contribution >= 0.6 is 0 Å². The quantitative estimate of drug-likeness (QED) is 0.323. The number of carbonyl (C=O) groups excluding carboxylic acids is 4. The highest BCUT2D eigenvalue weighted by atomic mass is 16.6. The second kappa shape index (κ2) is 8.97. The standard InChI is InChI=1S/C30H36O6/c1-15-10-27-24(9-8-20(15)7-6-17(3)31)30(29(34)36-27)14-21-12-23-18(4)28(33)35-26(23)11-16(2)22(21)13-25(30)19(5)32/h6-8,13,15-16,21,23-27H,4,9-12,14H2,1-3,5H3/b7-6+/t15-,16-,21-,23+,24-,25+,26+,27+,30-/m0/s1. The minimum Gasteiger partial charge on any atom is -0.462 e. The van der Waals surface area contributed by atoms with Gasteiger partial charge in [-0.05, 0) is 75.4 Å². The minimum absolute atomic E-state index is 0.00576. The molecular formula is C30H36O6. The number of hydrogen-bond donors (Lipinski definition) is 0. The van der Waals surface area contributed by atoms with Crippen LogP contribution in [-0.2, 0) is 28.7 Å². The summed E-state index contributed by atoms with van der Waals surface area (Å²) >= 11 is 0. The Morgan fingerprint density at radius 2 is 1.78 bits per heavy atom. The van der Waals surface area contributed by atoms with Crippen molar-refractivity contribution >= 4 is 23.5 Å². The van der Waals surface area contributed by atoms with Crippen LogP contribution in [0.1, 0.15) is 59.8 Å². The lowest BCUT2D eigenvalue weighted by atomic mass is 9.55. The Hall–Kier alpha value is -2.76. The van der Waals surface area contributed by atoms with Crippen molar-refractivity contribution in [2.24, 2.45) is 40.9 Å². The van der Waals surface area contributed by atoms with Crippen LogP contribution in [0.2, 0.25) is 0 Å². The number of ether oxygens (including phenoxy) is 2. The first-order chi connectivity index (χ1) is 17.0. The SMILES string of the molecule is C=C1C(=O)O[C@@H]2C[C@H](C)C3=C[C@H](C(C)=O)[C@@]4(C[C@@H]3C[C@H]12)C(=O)O[C@@H]1C[C@H](C)C(/C=C/C(C)=O)=CC[C@@H]14. The van der Waals surface area contributed by atoms with Crippen LogP contribution in [0.5, 0.6) is 0 Å². The molecule has 2 heterocycles. The van der Waals surface area contributed by atoms with Crippen LogP contribution in [0.25, 0.3) is 0 Å². The predicted molar refractivity (Wildman–Crippen MR) is 133 cm³/mol. The molecule has 6 nitrogen and oxygen atoms in total. The summed E-state index contributed by atoms with van der Waals surface area (Å²) in [7, 11) is 0. The van der Waals surface area contributed by atoms with Crippen molar-refractivity contribution in [2.75, 3.05) is 0 Å². The third-order valence-electron chi connectivity index (χ3n) is 9.54. The molecule has 3 fully saturated rings. The van der Waals surface area contributed by atoms with Crippen LogP contribution in [-0.4, -0.2) is 35.7 Å². The van der Waals surface area contributed by atoms with Crippen molar-refractivity contribution in [3.05, 3.63) is 47.6 Å². The fraction of sp³-hybridized carbons (Fsp3) is 0.600. The molecule has 192 valence electrons. The number of fused-ring (bicyclic) bond motifs is 4. The summed E-state index contributed by atoms with van der Waals surface area (Å²) in [6, 6.07) is 0. The molecule has 6 heteroatoms. The van der Waals surface area contributed by atoms with Crippen molar-refractivity contribution in [2.45, 2.75) is 72.0 Å². The Labute approximate surface area is 212 Å². The van der Waals surface area contributed by atoms with Gasteiger partial charge in [-0.3, -0.25) is 14.4 Å². The normalized spacial score (nSPS) is 41.9. The fourth-order valence-corrected chi connectivity index (χ4v) is 7.74. The van der Waals surface area contributed by atoms with Crippen LogP contribution in [0.15, 0.2) is 47.6 Å². The molecule has 0 amide bonds. The molecule has 5 aliphatic rings. The molecule has 0 N–H and O–H groups in total. The molecule has 1 spiro atoms. The van der Waals surface area contributed by atoms with Gasteiger partial charge in [-0.25, -0.2) is 4.79 Å². The van der Waals surface area contributed by atoms with Crippen LogP contribution in [0.4, 0.5) is 0 Å². The number of carbonyl (C=O) groups is 4. The highest BCUT2D eigenvalue weighted by Gasteiger charge is 2.64. The van der Waals surface area contributed by atoms with Crippen molar-refractivity contribution in [3.8, 4) is 0 Å². The lowest BCUT2D eigenvalue weighted by Gasteiger charge is -2.44. The molecule has 0 bridgehead atoms. The third-order valence-corrected chi connectivity index (χ3v) is 9.54. The van der Waals surface area contributed by atoms with Gasteiger partial charge in [-0.2, -0.15) is 0 Å². The molecule has 0 aromatic rings. The molecule has 2 saturated heterocycles. The van der Waals surface area contributed by atoms with Gasteiger partial charge < -0.3 is 9.47 Å².